The molecule has 0 fully saturated rings. The minimum atomic E-state index is -2.47. The van der Waals surface area contributed by atoms with Crippen LogP contribution in [0.15, 0.2) is 30.3 Å². The highest BCUT2D eigenvalue weighted by molar-refractivity contribution is 9.50. The van der Waals surface area contributed by atoms with Gasteiger partial charge in [0.25, 0.3) is 0 Å². The smallest absolute Gasteiger partial charge is 0.300 e. The maximum absolute atomic E-state index is 5.66. The summed E-state index contributed by atoms with van der Waals surface area (Å²) in [7, 11) is 1.35. The number of hydrogen-bond acceptors (Lipinski definition) is 4. The molecule has 0 radical (unpaired) electrons. The van der Waals surface area contributed by atoms with E-state index in [0.29, 0.717) is 13.2 Å². The third-order valence-electron chi connectivity index (χ3n) is 1.85. The predicted molar refractivity (Wildman–Crippen MR) is 83.0 cm³/mol. The molecule has 3 nitrogen and oxygen atoms in total. The summed E-state index contributed by atoms with van der Waals surface area (Å²) in [5.41, 5.74) is 0.972. The molecule has 96 valence electrons. The van der Waals surface area contributed by atoms with Crippen LogP contribution in [0.4, 0.5) is 5.69 Å². The van der Waals surface area contributed by atoms with Crippen molar-refractivity contribution in [2.24, 2.45) is 0 Å². The number of rotatable bonds is 7. The molecule has 0 aliphatic carbocycles. The molecular formula is C10H15BrNO2PS2. The van der Waals surface area contributed by atoms with Crippen molar-refractivity contribution in [3.8, 4) is 0 Å². The van der Waals surface area contributed by atoms with E-state index in [9.17, 15) is 0 Å². The van der Waals surface area contributed by atoms with Gasteiger partial charge in [-0.2, -0.15) is 0 Å². The first-order valence-corrected chi connectivity index (χ1v) is 10.4. The molecule has 0 unspecified atom stereocenters. The first kappa shape index (κ1) is 15.5. The van der Waals surface area contributed by atoms with Crippen molar-refractivity contribution in [2.75, 3.05) is 17.3 Å². The second kappa shape index (κ2) is 7.77. The molecule has 1 aromatic carbocycles. The maximum Gasteiger partial charge on any atom is 0.300 e. The normalized spacial score (nSPS) is 11.5. The SMILES string of the molecule is CCOP(=S)(OCC)N(SBr)c1ccccc1. The van der Waals surface area contributed by atoms with Crippen molar-refractivity contribution in [1.29, 1.82) is 0 Å². The molecular weight excluding hydrogens is 341 g/mol. The molecule has 0 saturated heterocycles. The Balaban J connectivity index is 3.01. The number of benzene rings is 1. The Morgan fingerprint density at radius 1 is 1.24 bits per heavy atom. The van der Waals surface area contributed by atoms with E-state index in [-0.39, 0.29) is 0 Å². The summed E-state index contributed by atoms with van der Waals surface area (Å²) in [5.74, 6) is 0. The third kappa shape index (κ3) is 4.23. The van der Waals surface area contributed by atoms with Gasteiger partial charge in [-0.3, -0.25) is 0 Å². The van der Waals surface area contributed by atoms with Gasteiger partial charge in [0.05, 0.1) is 18.9 Å². The van der Waals surface area contributed by atoms with Gasteiger partial charge in [-0.25, -0.2) is 4.08 Å². The molecule has 0 aromatic heterocycles. The van der Waals surface area contributed by atoms with E-state index in [1.165, 1.54) is 10.4 Å². The second-order valence-corrected chi connectivity index (χ2v) is 7.86. The molecule has 0 heterocycles. The van der Waals surface area contributed by atoms with E-state index in [0.717, 1.165) is 5.69 Å². The van der Waals surface area contributed by atoms with Crippen LogP contribution in [0.5, 0.6) is 0 Å². The molecule has 0 aliphatic heterocycles. The monoisotopic (exact) mass is 355 g/mol. The summed E-state index contributed by atoms with van der Waals surface area (Å²) < 4.78 is 13.2. The van der Waals surface area contributed by atoms with E-state index in [2.05, 4.69) is 14.8 Å². The van der Waals surface area contributed by atoms with Crippen LogP contribution in [0, 0.1) is 0 Å². The highest BCUT2D eigenvalue weighted by atomic mass is 79.9. The predicted octanol–water partition coefficient (Wildman–Crippen LogP) is 4.75. The van der Waals surface area contributed by atoms with Gasteiger partial charge in [0, 0.05) is 25.2 Å². The van der Waals surface area contributed by atoms with Crippen LogP contribution in [-0.4, -0.2) is 13.2 Å². The first-order valence-electron chi connectivity index (χ1n) is 5.21. The molecule has 7 heteroatoms. The number of para-hydroxylation sites is 1. The number of hydrogen-bond donors (Lipinski definition) is 0. The Labute approximate surface area is 119 Å². The van der Waals surface area contributed by atoms with Gasteiger partial charge < -0.3 is 9.05 Å². The summed E-state index contributed by atoms with van der Waals surface area (Å²) in [6.07, 6.45) is 0. The lowest BCUT2D eigenvalue weighted by molar-refractivity contribution is 0.268. The van der Waals surface area contributed by atoms with Crippen LogP contribution >= 0.6 is 31.8 Å². The van der Waals surface area contributed by atoms with Gasteiger partial charge in [-0.05, 0) is 37.8 Å². The highest BCUT2D eigenvalue weighted by Gasteiger charge is 2.28. The molecule has 0 bridgehead atoms. The van der Waals surface area contributed by atoms with E-state index >= 15 is 0 Å². The summed E-state index contributed by atoms with van der Waals surface area (Å²) >= 11 is 8.92. The van der Waals surface area contributed by atoms with Gasteiger partial charge in [0.2, 0.25) is 0 Å². The lowest BCUT2D eigenvalue weighted by atomic mass is 10.3. The standard InChI is InChI=1S/C10H15BrNO2PS2/c1-3-13-15(16,14-4-2)12(17-11)10-8-6-5-7-9-10/h5-9H,3-4H2,1-2H3. The minimum Gasteiger partial charge on any atom is -0.313 e. The van der Waals surface area contributed by atoms with Gasteiger partial charge >= 0.3 is 6.64 Å². The quantitative estimate of drug-likeness (QED) is 0.518. The van der Waals surface area contributed by atoms with Crippen molar-refractivity contribution < 1.29 is 9.05 Å². The van der Waals surface area contributed by atoms with E-state index < -0.39 is 6.64 Å². The van der Waals surface area contributed by atoms with Crippen molar-refractivity contribution in [2.45, 2.75) is 13.8 Å². The topological polar surface area (TPSA) is 21.7 Å². The highest BCUT2D eigenvalue weighted by Crippen LogP contribution is 2.58. The van der Waals surface area contributed by atoms with Crippen LogP contribution in [0.2, 0.25) is 0 Å². The van der Waals surface area contributed by atoms with Crippen molar-refractivity contribution in [1.82, 2.24) is 0 Å². The lowest BCUT2D eigenvalue weighted by Crippen LogP contribution is -2.13. The lowest BCUT2D eigenvalue weighted by Gasteiger charge is -2.31. The average molecular weight is 356 g/mol. The van der Waals surface area contributed by atoms with Crippen molar-refractivity contribution in [3.63, 3.8) is 0 Å². The van der Waals surface area contributed by atoms with Crippen LogP contribution < -0.4 is 4.08 Å². The van der Waals surface area contributed by atoms with E-state index in [4.69, 9.17) is 20.9 Å². The van der Waals surface area contributed by atoms with Crippen LogP contribution in [0.25, 0.3) is 0 Å². The Morgan fingerprint density at radius 2 is 1.76 bits per heavy atom. The molecule has 0 saturated carbocycles. The molecule has 0 atom stereocenters. The maximum atomic E-state index is 5.66. The summed E-state index contributed by atoms with van der Waals surface area (Å²) in [6, 6.07) is 9.85. The Bertz CT molecular complexity index is 370. The molecule has 0 spiro atoms. The molecule has 17 heavy (non-hydrogen) atoms. The van der Waals surface area contributed by atoms with Crippen LogP contribution in [0.3, 0.4) is 0 Å². The summed E-state index contributed by atoms with van der Waals surface area (Å²) in [5, 5.41) is 0. The third-order valence-corrected chi connectivity index (χ3v) is 7.90. The number of halogens is 1. The molecule has 1 aromatic rings. The van der Waals surface area contributed by atoms with E-state index in [1.54, 1.807) is 0 Å². The zero-order chi connectivity index (χ0) is 12.7. The fourth-order valence-corrected chi connectivity index (χ4v) is 7.41. The van der Waals surface area contributed by atoms with Gasteiger partial charge in [-0.1, -0.05) is 18.2 Å². The number of anilines is 1. The molecule has 1 rings (SSSR count). The van der Waals surface area contributed by atoms with Gasteiger partial charge in [0.15, 0.2) is 0 Å². The largest absolute Gasteiger partial charge is 0.313 e. The fraction of sp³-hybridized carbons (Fsp3) is 0.400. The van der Waals surface area contributed by atoms with Gasteiger partial charge in [0.1, 0.15) is 0 Å². The molecule has 0 N–H and O–H groups in total. The zero-order valence-electron chi connectivity index (χ0n) is 9.71. The van der Waals surface area contributed by atoms with Crippen molar-refractivity contribution >= 4 is 49.3 Å². The average Bonchev–Trinajstić information content (AvgIpc) is 2.31. The second-order valence-electron chi connectivity index (χ2n) is 2.98. The van der Waals surface area contributed by atoms with Crippen molar-refractivity contribution in [3.05, 3.63) is 30.3 Å². The molecule has 0 aliphatic rings. The minimum absolute atomic E-state index is 0.536. The Morgan fingerprint density at radius 3 is 2.18 bits per heavy atom. The number of nitrogens with zero attached hydrogens (tertiary/aromatic N) is 1. The summed E-state index contributed by atoms with van der Waals surface area (Å²) in [6.45, 7) is 2.44. The summed E-state index contributed by atoms with van der Waals surface area (Å²) in [4.78, 5) is 0. The zero-order valence-corrected chi connectivity index (χ0v) is 13.8. The molecule has 0 amide bonds. The van der Waals surface area contributed by atoms with Crippen LogP contribution in [-0.2, 0) is 20.9 Å². The van der Waals surface area contributed by atoms with E-state index in [1.807, 2.05) is 48.3 Å². The Kier molecular flexibility index (Phi) is 7.07. The first-order chi connectivity index (χ1) is 8.18. The Hall–Kier alpha value is 0.420. The van der Waals surface area contributed by atoms with Gasteiger partial charge in [-0.15, -0.1) is 0 Å². The fourth-order valence-electron chi connectivity index (χ4n) is 1.24. The van der Waals surface area contributed by atoms with Crippen LogP contribution in [0.1, 0.15) is 13.8 Å².